The maximum atomic E-state index is 12.9. The highest BCUT2D eigenvalue weighted by Gasteiger charge is 2.35. The third-order valence-corrected chi connectivity index (χ3v) is 5.75. The molecule has 0 radical (unpaired) electrons. The van der Waals surface area contributed by atoms with E-state index in [2.05, 4.69) is 10.1 Å². The molecule has 10 nitrogen and oxygen atoms in total. The van der Waals surface area contributed by atoms with Crippen molar-refractivity contribution in [1.29, 1.82) is 0 Å². The van der Waals surface area contributed by atoms with Crippen molar-refractivity contribution in [3.8, 4) is 11.7 Å². The zero-order chi connectivity index (χ0) is 26.3. The molecule has 196 valence electrons. The average molecular weight is 508 g/mol. The standard InChI is InChI=1S/C27H33N5O5/c1-27(2,3)37-26(34)31-16-15-30(25(33)36-19-21-10-6-4-7-11-21)18-23(31)14-17-35-24-28-20-32(29-24)22-12-8-5-9-13-22/h4-13,20,23H,14-19H2,1-3H3/t23-/m1/s1. The smallest absolute Gasteiger partial charge is 0.410 e. The molecule has 0 spiro atoms. The number of hydrogen-bond acceptors (Lipinski definition) is 7. The number of carbonyl (C=O) groups is 2. The van der Waals surface area contributed by atoms with E-state index in [1.807, 2.05) is 81.4 Å². The van der Waals surface area contributed by atoms with Crippen LogP contribution in [-0.4, -0.2) is 74.6 Å². The lowest BCUT2D eigenvalue weighted by atomic mass is 10.1. The summed E-state index contributed by atoms with van der Waals surface area (Å²) in [5, 5.41) is 4.36. The number of carbonyl (C=O) groups excluding carboxylic acids is 2. The van der Waals surface area contributed by atoms with E-state index in [1.54, 1.807) is 20.8 Å². The Kier molecular flexibility index (Phi) is 8.27. The molecule has 0 aliphatic carbocycles. The van der Waals surface area contributed by atoms with Crippen molar-refractivity contribution in [3.05, 3.63) is 72.6 Å². The molecule has 10 heteroatoms. The van der Waals surface area contributed by atoms with Gasteiger partial charge in [-0.1, -0.05) is 48.5 Å². The maximum Gasteiger partial charge on any atom is 0.410 e. The largest absolute Gasteiger partial charge is 0.462 e. The van der Waals surface area contributed by atoms with Crippen LogP contribution in [0.15, 0.2) is 67.0 Å². The van der Waals surface area contributed by atoms with Gasteiger partial charge in [0.1, 0.15) is 18.5 Å². The summed E-state index contributed by atoms with van der Waals surface area (Å²) in [6.45, 7) is 6.93. The molecule has 2 heterocycles. The van der Waals surface area contributed by atoms with Gasteiger partial charge in [-0.2, -0.15) is 4.98 Å². The highest BCUT2D eigenvalue weighted by atomic mass is 16.6. The van der Waals surface area contributed by atoms with Gasteiger partial charge in [-0.15, -0.1) is 5.10 Å². The number of piperazine rings is 1. The number of para-hydroxylation sites is 1. The number of rotatable bonds is 7. The fourth-order valence-corrected chi connectivity index (χ4v) is 3.95. The fraction of sp³-hybridized carbons (Fsp3) is 0.407. The van der Waals surface area contributed by atoms with Crippen molar-refractivity contribution in [2.75, 3.05) is 26.2 Å². The summed E-state index contributed by atoms with van der Waals surface area (Å²) in [4.78, 5) is 33.2. The summed E-state index contributed by atoms with van der Waals surface area (Å²) >= 11 is 0. The molecule has 1 fully saturated rings. The Hall–Kier alpha value is -4.08. The van der Waals surface area contributed by atoms with Crippen molar-refractivity contribution in [3.63, 3.8) is 0 Å². The van der Waals surface area contributed by atoms with Gasteiger partial charge in [0.2, 0.25) is 0 Å². The Bertz CT molecular complexity index is 1160. The fourth-order valence-electron chi connectivity index (χ4n) is 3.95. The highest BCUT2D eigenvalue weighted by Crippen LogP contribution is 2.19. The number of amides is 2. The predicted octanol–water partition coefficient (Wildman–Crippen LogP) is 4.29. The van der Waals surface area contributed by atoms with E-state index in [0.29, 0.717) is 26.1 Å². The molecule has 1 aliphatic rings. The van der Waals surface area contributed by atoms with Crippen LogP contribution in [0, 0.1) is 0 Å². The minimum absolute atomic E-state index is 0.190. The van der Waals surface area contributed by atoms with Crippen molar-refractivity contribution >= 4 is 12.2 Å². The zero-order valence-corrected chi connectivity index (χ0v) is 21.4. The first-order valence-corrected chi connectivity index (χ1v) is 12.3. The molecule has 4 rings (SSSR count). The summed E-state index contributed by atoms with van der Waals surface area (Å²) in [6.07, 6.45) is 1.22. The molecular weight excluding hydrogens is 474 g/mol. The van der Waals surface area contributed by atoms with Crippen LogP contribution < -0.4 is 4.74 Å². The second-order valence-corrected chi connectivity index (χ2v) is 9.76. The Morgan fingerprint density at radius 1 is 0.973 bits per heavy atom. The van der Waals surface area contributed by atoms with Gasteiger partial charge < -0.3 is 24.0 Å². The SMILES string of the molecule is CC(C)(C)OC(=O)N1CCN(C(=O)OCc2ccccc2)C[C@H]1CCOc1ncn(-c2ccccc2)n1. The molecule has 2 amide bonds. The van der Waals surface area contributed by atoms with Gasteiger partial charge in [0, 0.05) is 26.1 Å². The number of hydrogen-bond donors (Lipinski definition) is 0. The average Bonchev–Trinajstić information content (AvgIpc) is 3.36. The topological polar surface area (TPSA) is 99.0 Å². The molecule has 37 heavy (non-hydrogen) atoms. The third-order valence-electron chi connectivity index (χ3n) is 5.75. The molecule has 1 atom stereocenters. The summed E-state index contributed by atoms with van der Waals surface area (Å²) in [5.41, 5.74) is 1.16. The quantitative estimate of drug-likeness (QED) is 0.470. The van der Waals surface area contributed by atoms with E-state index in [-0.39, 0.29) is 25.3 Å². The van der Waals surface area contributed by atoms with E-state index in [1.165, 1.54) is 0 Å². The molecule has 3 aromatic rings. The first-order chi connectivity index (χ1) is 17.8. The molecule has 1 aliphatic heterocycles. The number of benzene rings is 2. The molecule has 1 aromatic heterocycles. The van der Waals surface area contributed by atoms with Crippen LogP contribution in [-0.2, 0) is 16.1 Å². The van der Waals surface area contributed by atoms with Crippen molar-refractivity contribution in [2.24, 2.45) is 0 Å². The molecule has 2 aromatic carbocycles. The van der Waals surface area contributed by atoms with Crippen LogP contribution in [0.1, 0.15) is 32.8 Å². The van der Waals surface area contributed by atoms with E-state index >= 15 is 0 Å². The number of ether oxygens (including phenoxy) is 3. The van der Waals surface area contributed by atoms with E-state index in [0.717, 1.165) is 11.3 Å². The van der Waals surface area contributed by atoms with Gasteiger partial charge in [-0.05, 0) is 38.5 Å². The lowest BCUT2D eigenvalue weighted by molar-refractivity contribution is -0.00628. The van der Waals surface area contributed by atoms with Crippen LogP contribution in [0.3, 0.4) is 0 Å². The van der Waals surface area contributed by atoms with Crippen molar-refractivity contribution < 1.29 is 23.8 Å². The van der Waals surface area contributed by atoms with Gasteiger partial charge in [-0.25, -0.2) is 14.3 Å². The molecule has 1 saturated heterocycles. The molecular formula is C27H33N5O5. The first-order valence-electron chi connectivity index (χ1n) is 12.3. The molecule has 0 N–H and O–H groups in total. The Labute approximate surface area is 216 Å². The number of nitrogens with zero attached hydrogens (tertiary/aromatic N) is 5. The van der Waals surface area contributed by atoms with Crippen molar-refractivity contribution in [1.82, 2.24) is 24.6 Å². The third kappa shape index (κ3) is 7.45. The Morgan fingerprint density at radius 2 is 1.68 bits per heavy atom. The molecule has 0 saturated carbocycles. The monoisotopic (exact) mass is 507 g/mol. The van der Waals surface area contributed by atoms with E-state index in [9.17, 15) is 9.59 Å². The summed E-state index contributed by atoms with van der Waals surface area (Å²) in [6, 6.07) is 19.1. The Morgan fingerprint density at radius 3 is 2.38 bits per heavy atom. The van der Waals surface area contributed by atoms with Gasteiger partial charge in [0.05, 0.1) is 18.3 Å². The van der Waals surface area contributed by atoms with E-state index < -0.39 is 17.8 Å². The highest BCUT2D eigenvalue weighted by molar-refractivity contribution is 5.71. The molecule has 0 unspecified atom stereocenters. The van der Waals surface area contributed by atoms with Crippen LogP contribution in [0.4, 0.5) is 9.59 Å². The summed E-state index contributed by atoms with van der Waals surface area (Å²) in [7, 11) is 0. The molecule has 0 bridgehead atoms. The summed E-state index contributed by atoms with van der Waals surface area (Å²) < 4.78 is 18.5. The van der Waals surface area contributed by atoms with Crippen LogP contribution in [0.2, 0.25) is 0 Å². The van der Waals surface area contributed by atoms with Crippen LogP contribution in [0.25, 0.3) is 5.69 Å². The van der Waals surface area contributed by atoms with Gasteiger partial charge in [0.15, 0.2) is 0 Å². The minimum atomic E-state index is -0.627. The van der Waals surface area contributed by atoms with Gasteiger partial charge in [0.25, 0.3) is 0 Å². The normalized spacial score (nSPS) is 15.8. The summed E-state index contributed by atoms with van der Waals surface area (Å²) in [5.74, 6) is 0. The van der Waals surface area contributed by atoms with Crippen LogP contribution >= 0.6 is 0 Å². The second kappa shape index (κ2) is 11.8. The van der Waals surface area contributed by atoms with Gasteiger partial charge >= 0.3 is 18.2 Å². The van der Waals surface area contributed by atoms with E-state index in [4.69, 9.17) is 14.2 Å². The Balaban J connectivity index is 1.36. The predicted molar refractivity (Wildman–Crippen MR) is 136 cm³/mol. The lowest BCUT2D eigenvalue weighted by Crippen LogP contribution is -2.57. The number of aromatic nitrogens is 3. The zero-order valence-electron chi connectivity index (χ0n) is 21.4. The van der Waals surface area contributed by atoms with Crippen molar-refractivity contribution in [2.45, 2.75) is 45.4 Å². The minimum Gasteiger partial charge on any atom is -0.462 e. The lowest BCUT2D eigenvalue weighted by Gasteiger charge is -2.41. The van der Waals surface area contributed by atoms with Gasteiger partial charge in [-0.3, -0.25) is 0 Å². The second-order valence-electron chi connectivity index (χ2n) is 9.76. The first kappa shape index (κ1) is 26.0. The maximum absolute atomic E-state index is 12.9. The van der Waals surface area contributed by atoms with Crippen LogP contribution in [0.5, 0.6) is 6.01 Å².